The van der Waals surface area contributed by atoms with Gasteiger partial charge in [0.05, 0.1) is 0 Å². The Kier molecular flexibility index (Phi) is 5.26. The fourth-order valence-electron chi connectivity index (χ4n) is 5.92. The molecule has 0 amide bonds. The number of aryl methyl sites for hydroxylation is 2. The number of hydrogen-bond donors (Lipinski definition) is 0. The lowest BCUT2D eigenvalue weighted by molar-refractivity contribution is 0.201. The van der Waals surface area contributed by atoms with E-state index in [1.54, 1.807) is 11.1 Å². The van der Waals surface area contributed by atoms with Crippen LogP contribution in [0.4, 0.5) is 0 Å². The smallest absolute Gasteiger partial charge is 0.00434 e. The van der Waals surface area contributed by atoms with Gasteiger partial charge >= 0.3 is 0 Å². The van der Waals surface area contributed by atoms with E-state index in [1.165, 1.54) is 46.4 Å². The van der Waals surface area contributed by atoms with Gasteiger partial charge in [0.15, 0.2) is 0 Å². The molecule has 0 N–H and O–H groups in total. The minimum absolute atomic E-state index is 0.302. The summed E-state index contributed by atoms with van der Waals surface area (Å²) in [4.78, 5) is 0. The lowest BCUT2D eigenvalue weighted by atomic mass is 9.68. The van der Waals surface area contributed by atoms with Crippen LogP contribution in [0.25, 0.3) is 21.5 Å². The van der Waals surface area contributed by atoms with Crippen LogP contribution in [0, 0.1) is 30.6 Å². The Balaban J connectivity index is 1.74. The standard InChI is InChI=1S/C29H38/c1-18(2)22(6)20(4)17-21(5)29(7)16-15-27-26-12-11-23-19(3)9-8-10-24(23)25(26)13-14-28(27)29/h8-14,18,20-22H,15-17H2,1-7H3/t20-,21+,22+,29-/m0/s1. The maximum absolute atomic E-state index is 2.54. The predicted octanol–water partition coefficient (Wildman–Crippen LogP) is 8.46. The summed E-state index contributed by atoms with van der Waals surface area (Å²) < 4.78 is 0. The zero-order chi connectivity index (χ0) is 20.9. The van der Waals surface area contributed by atoms with Crippen molar-refractivity contribution in [2.24, 2.45) is 23.7 Å². The molecule has 0 saturated carbocycles. The van der Waals surface area contributed by atoms with Gasteiger partial charge in [-0.15, -0.1) is 0 Å². The van der Waals surface area contributed by atoms with Gasteiger partial charge in [0.25, 0.3) is 0 Å². The second-order valence-electron chi connectivity index (χ2n) is 10.6. The summed E-state index contributed by atoms with van der Waals surface area (Å²) >= 11 is 0. The molecular formula is C29H38. The van der Waals surface area contributed by atoms with Crippen molar-refractivity contribution in [1.29, 1.82) is 0 Å². The third-order valence-electron chi connectivity index (χ3n) is 8.66. The van der Waals surface area contributed by atoms with E-state index in [-0.39, 0.29) is 0 Å². The topological polar surface area (TPSA) is 0 Å². The highest BCUT2D eigenvalue weighted by molar-refractivity contribution is 6.09. The average Bonchev–Trinajstić information content (AvgIpc) is 3.05. The van der Waals surface area contributed by atoms with E-state index in [2.05, 4.69) is 90.9 Å². The maximum Gasteiger partial charge on any atom is -0.00434 e. The van der Waals surface area contributed by atoms with Crippen molar-refractivity contribution in [3.63, 3.8) is 0 Å². The maximum atomic E-state index is 2.54. The highest BCUT2D eigenvalue weighted by atomic mass is 14.4. The quantitative estimate of drug-likeness (QED) is 0.386. The van der Waals surface area contributed by atoms with E-state index >= 15 is 0 Å². The lowest BCUT2D eigenvalue weighted by Gasteiger charge is -2.36. The number of fused-ring (bicyclic) bond motifs is 5. The van der Waals surface area contributed by atoms with Gasteiger partial charge in [0, 0.05) is 0 Å². The van der Waals surface area contributed by atoms with Crippen LogP contribution < -0.4 is 0 Å². The van der Waals surface area contributed by atoms with Crippen LogP contribution in [-0.4, -0.2) is 0 Å². The Bertz CT molecular complexity index is 1040. The van der Waals surface area contributed by atoms with Gasteiger partial charge in [0.1, 0.15) is 0 Å². The van der Waals surface area contributed by atoms with Crippen molar-refractivity contribution in [2.75, 3.05) is 0 Å². The molecule has 0 aliphatic heterocycles. The van der Waals surface area contributed by atoms with Gasteiger partial charge < -0.3 is 0 Å². The zero-order valence-corrected chi connectivity index (χ0v) is 19.5. The first-order chi connectivity index (χ1) is 13.7. The van der Waals surface area contributed by atoms with Crippen molar-refractivity contribution in [3.05, 3.63) is 59.2 Å². The van der Waals surface area contributed by atoms with Crippen LogP contribution in [0.2, 0.25) is 0 Å². The van der Waals surface area contributed by atoms with Crippen molar-refractivity contribution in [2.45, 2.75) is 73.1 Å². The molecule has 0 nitrogen and oxygen atoms in total. The van der Waals surface area contributed by atoms with Crippen LogP contribution in [0.5, 0.6) is 0 Å². The molecule has 0 heterocycles. The second-order valence-corrected chi connectivity index (χ2v) is 10.6. The van der Waals surface area contributed by atoms with Crippen LogP contribution >= 0.6 is 0 Å². The average molecular weight is 387 g/mol. The van der Waals surface area contributed by atoms with E-state index in [1.807, 2.05) is 0 Å². The van der Waals surface area contributed by atoms with Gasteiger partial charge in [-0.2, -0.15) is 0 Å². The highest BCUT2D eigenvalue weighted by Crippen LogP contribution is 2.49. The van der Waals surface area contributed by atoms with Gasteiger partial charge in [0.2, 0.25) is 0 Å². The van der Waals surface area contributed by atoms with E-state index in [0.717, 1.165) is 17.8 Å². The number of hydrogen-bond acceptors (Lipinski definition) is 0. The van der Waals surface area contributed by atoms with Crippen molar-refractivity contribution in [3.8, 4) is 0 Å². The Hall–Kier alpha value is -1.82. The van der Waals surface area contributed by atoms with Crippen LogP contribution in [0.15, 0.2) is 42.5 Å². The molecular weight excluding hydrogens is 348 g/mol. The van der Waals surface area contributed by atoms with Gasteiger partial charge in [-0.25, -0.2) is 0 Å². The SMILES string of the molecule is Cc1cccc2c1ccc1c3c(ccc12)[C@](C)([C@H](C)C[C@H](C)[C@H](C)C(C)C)CC3. The Morgan fingerprint density at radius 1 is 0.828 bits per heavy atom. The van der Waals surface area contributed by atoms with E-state index in [4.69, 9.17) is 0 Å². The molecule has 0 bridgehead atoms. The molecule has 0 fully saturated rings. The minimum Gasteiger partial charge on any atom is -0.0625 e. The molecule has 0 saturated heterocycles. The lowest BCUT2D eigenvalue weighted by Crippen LogP contribution is -2.30. The zero-order valence-electron chi connectivity index (χ0n) is 19.5. The first-order valence-corrected chi connectivity index (χ1v) is 11.7. The molecule has 4 rings (SSSR count). The van der Waals surface area contributed by atoms with E-state index in [0.29, 0.717) is 11.3 Å². The molecule has 0 aromatic heterocycles. The predicted molar refractivity (Wildman–Crippen MR) is 129 cm³/mol. The Labute approximate surface area is 177 Å². The minimum atomic E-state index is 0.302. The van der Waals surface area contributed by atoms with Crippen LogP contribution in [0.3, 0.4) is 0 Å². The second kappa shape index (κ2) is 7.46. The third kappa shape index (κ3) is 3.29. The van der Waals surface area contributed by atoms with Gasteiger partial charge in [-0.3, -0.25) is 0 Å². The highest BCUT2D eigenvalue weighted by Gasteiger charge is 2.40. The summed E-state index contributed by atoms with van der Waals surface area (Å²) in [6.45, 7) is 16.9. The van der Waals surface area contributed by atoms with Crippen molar-refractivity contribution in [1.82, 2.24) is 0 Å². The molecule has 29 heavy (non-hydrogen) atoms. The molecule has 4 atom stereocenters. The van der Waals surface area contributed by atoms with Crippen molar-refractivity contribution >= 4 is 21.5 Å². The molecule has 0 heteroatoms. The Morgan fingerprint density at radius 2 is 1.48 bits per heavy atom. The number of benzene rings is 3. The summed E-state index contributed by atoms with van der Waals surface area (Å²) in [5.41, 5.74) is 4.91. The Morgan fingerprint density at radius 3 is 2.21 bits per heavy atom. The molecule has 0 unspecified atom stereocenters. The van der Waals surface area contributed by atoms with Crippen molar-refractivity contribution < 1.29 is 0 Å². The summed E-state index contributed by atoms with van der Waals surface area (Å²) in [6.07, 6.45) is 3.83. The molecule has 0 radical (unpaired) electrons. The van der Waals surface area contributed by atoms with Crippen LogP contribution in [-0.2, 0) is 11.8 Å². The molecule has 154 valence electrons. The normalized spacial score (nSPS) is 22.2. The fraction of sp³-hybridized carbons (Fsp3) is 0.517. The number of rotatable bonds is 5. The summed E-state index contributed by atoms with van der Waals surface area (Å²) in [7, 11) is 0. The molecule has 3 aromatic carbocycles. The van der Waals surface area contributed by atoms with E-state index < -0.39 is 0 Å². The molecule has 1 aliphatic carbocycles. The van der Waals surface area contributed by atoms with Gasteiger partial charge in [-0.05, 0) is 93.5 Å². The third-order valence-corrected chi connectivity index (χ3v) is 8.66. The van der Waals surface area contributed by atoms with Crippen LogP contribution in [0.1, 0.15) is 71.1 Å². The molecule has 3 aromatic rings. The monoisotopic (exact) mass is 386 g/mol. The summed E-state index contributed by atoms with van der Waals surface area (Å²) in [5, 5.41) is 5.72. The summed E-state index contributed by atoms with van der Waals surface area (Å²) in [6, 6.07) is 16.3. The largest absolute Gasteiger partial charge is 0.0625 e. The molecule has 0 spiro atoms. The fourth-order valence-corrected chi connectivity index (χ4v) is 5.92. The first kappa shape index (κ1) is 20.5. The van der Waals surface area contributed by atoms with E-state index in [9.17, 15) is 0 Å². The summed E-state index contributed by atoms with van der Waals surface area (Å²) in [5.74, 6) is 3.04. The van der Waals surface area contributed by atoms with Gasteiger partial charge in [-0.1, -0.05) is 84.0 Å². The first-order valence-electron chi connectivity index (χ1n) is 11.7. The molecule has 1 aliphatic rings.